The molecule has 0 aromatic heterocycles. The molecular formula is C13H20BrFN2O. The van der Waals surface area contributed by atoms with Gasteiger partial charge in [-0.25, -0.2) is 4.39 Å². The lowest BCUT2D eigenvalue weighted by Gasteiger charge is -2.07. The monoisotopic (exact) mass is 318 g/mol. The fourth-order valence-electron chi connectivity index (χ4n) is 1.54. The van der Waals surface area contributed by atoms with Crippen molar-refractivity contribution < 1.29 is 9.13 Å². The van der Waals surface area contributed by atoms with Gasteiger partial charge in [-0.1, -0.05) is 15.9 Å². The first kappa shape index (κ1) is 15.6. The van der Waals surface area contributed by atoms with Crippen LogP contribution in [0.1, 0.15) is 12.0 Å². The van der Waals surface area contributed by atoms with Crippen LogP contribution in [0.3, 0.4) is 0 Å². The van der Waals surface area contributed by atoms with E-state index in [0.29, 0.717) is 12.1 Å². The van der Waals surface area contributed by atoms with Crippen molar-refractivity contribution in [2.75, 3.05) is 33.4 Å². The van der Waals surface area contributed by atoms with Crippen LogP contribution in [-0.2, 0) is 11.3 Å². The van der Waals surface area contributed by atoms with E-state index in [1.807, 2.05) is 0 Å². The number of methoxy groups -OCH3 is 1. The molecule has 0 amide bonds. The van der Waals surface area contributed by atoms with Gasteiger partial charge in [0.25, 0.3) is 0 Å². The predicted molar refractivity (Wildman–Crippen MR) is 75.2 cm³/mol. The van der Waals surface area contributed by atoms with E-state index in [1.54, 1.807) is 19.2 Å². The number of hydrogen-bond donors (Lipinski definition) is 2. The van der Waals surface area contributed by atoms with E-state index in [2.05, 4.69) is 26.6 Å². The quantitative estimate of drug-likeness (QED) is 0.685. The smallest absolute Gasteiger partial charge is 0.127 e. The van der Waals surface area contributed by atoms with Gasteiger partial charge in [0, 0.05) is 30.2 Å². The Kier molecular flexibility index (Phi) is 8.17. The first-order valence-corrected chi connectivity index (χ1v) is 6.87. The van der Waals surface area contributed by atoms with Crippen molar-refractivity contribution in [3.8, 4) is 0 Å². The van der Waals surface area contributed by atoms with E-state index < -0.39 is 0 Å². The Labute approximate surface area is 116 Å². The standard InChI is InChI=1S/C13H20BrFN2O/c1-18-8-7-16-5-2-6-17-10-11-9-12(14)3-4-13(11)15/h3-4,9,16-17H,2,5-8,10H2,1H3. The van der Waals surface area contributed by atoms with Gasteiger partial charge in [-0.3, -0.25) is 0 Å². The summed E-state index contributed by atoms with van der Waals surface area (Å²) in [5, 5.41) is 6.49. The van der Waals surface area contributed by atoms with Crippen molar-refractivity contribution >= 4 is 15.9 Å². The number of halogens is 2. The minimum Gasteiger partial charge on any atom is -0.383 e. The summed E-state index contributed by atoms with van der Waals surface area (Å²) in [4.78, 5) is 0. The molecule has 0 spiro atoms. The van der Waals surface area contributed by atoms with Crippen LogP contribution in [0.25, 0.3) is 0 Å². The van der Waals surface area contributed by atoms with E-state index >= 15 is 0 Å². The maximum atomic E-state index is 13.4. The van der Waals surface area contributed by atoms with Crippen molar-refractivity contribution in [3.05, 3.63) is 34.1 Å². The molecule has 3 nitrogen and oxygen atoms in total. The van der Waals surface area contributed by atoms with Crippen molar-refractivity contribution in [1.82, 2.24) is 10.6 Å². The summed E-state index contributed by atoms with van der Waals surface area (Å²) in [7, 11) is 1.69. The number of hydrogen-bond acceptors (Lipinski definition) is 3. The number of ether oxygens (including phenoxy) is 1. The molecule has 0 aliphatic carbocycles. The number of benzene rings is 1. The average molecular weight is 319 g/mol. The maximum absolute atomic E-state index is 13.4. The molecular weight excluding hydrogens is 299 g/mol. The van der Waals surface area contributed by atoms with Gasteiger partial charge in [-0.05, 0) is 37.7 Å². The van der Waals surface area contributed by atoms with Gasteiger partial charge in [-0.2, -0.15) is 0 Å². The van der Waals surface area contributed by atoms with Gasteiger partial charge in [0.15, 0.2) is 0 Å². The summed E-state index contributed by atoms with van der Waals surface area (Å²) in [6.45, 7) is 3.97. The van der Waals surface area contributed by atoms with Gasteiger partial charge in [-0.15, -0.1) is 0 Å². The summed E-state index contributed by atoms with van der Waals surface area (Å²) >= 11 is 3.34. The summed E-state index contributed by atoms with van der Waals surface area (Å²) in [6.07, 6.45) is 1.01. The van der Waals surface area contributed by atoms with Crippen LogP contribution >= 0.6 is 15.9 Å². The van der Waals surface area contributed by atoms with E-state index in [4.69, 9.17) is 4.74 Å². The highest BCUT2D eigenvalue weighted by atomic mass is 79.9. The minimum absolute atomic E-state index is 0.163. The third-order valence-electron chi connectivity index (χ3n) is 2.51. The van der Waals surface area contributed by atoms with Gasteiger partial charge in [0.2, 0.25) is 0 Å². The second-order valence-corrected chi connectivity index (χ2v) is 4.92. The molecule has 18 heavy (non-hydrogen) atoms. The first-order chi connectivity index (χ1) is 8.74. The molecule has 5 heteroatoms. The third kappa shape index (κ3) is 6.44. The molecule has 0 saturated carbocycles. The summed E-state index contributed by atoms with van der Waals surface area (Å²) in [5.41, 5.74) is 0.691. The first-order valence-electron chi connectivity index (χ1n) is 6.08. The lowest BCUT2D eigenvalue weighted by Crippen LogP contribution is -2.24. The van der Waals surface area contributed by atoms with Crippen LogP contribution in [0.5, 0.6) is 0 Å². The Morgan fingerprint density at radius 1 is 1.22 bits per heavy atom. The van der Waals surface area contributed by atoms with Crippen LogP contribution in [0, 0.1) is 5.82 Å². The van der Waals surface area contributed by atoms with Crippen molar-refractivity contribution in [2.24, 2.45) is 0 Å². The molecule has 0 fully saturated rings. The van der Waals surface area contributed by atoms with Crippen LogP contribution in [0.4, 0.5) is 4.39 Å². The van der Waals surface area contributed by atoms with E-state index in [1.165, 1.54) is 6.07 Å². The lowest BCUT2D eigenvalue weighted by atomic mass is 10.2. The second kappa shape index (κ2) is 9.44. The molecule has 102 valence electrons. The van der Waals surface area contributed by atoms with Crippen molar-refractivity contribution in [1.29, 1.82) is 0 Å². The molecule has 0 radical (unpaired) electrons. The summed E-state index contributed by atoms with van der Waals surface area (Å²) in [6, 6.07) is 4.99. The molecule has 1 aromatic carbocycles. The van der Waals surface area contributed by atoms with Crippen molar-refractivity contribution in [3.63, 3.8) is 0 Å². The van der Waals surface area contributed by atoms with Gasteiger partial charge in [0.05, 0.1) is 6.61 Å². The van der Waals surface area contributed by atoms with Crippen LogP contribution in [0.15, 0.2) is 22.7 Å². The zero-order valence-corrected chi connectivity index (χ0v) is 12.2. The average Bonchev–Trinajstić information content (AvgIpc) is 2.36. The molecule has 0 unspecified atom stereocenters. The Morgan fingerprint density at radius 2 is 2.00 bits per heavy atom. The fraction of sp³-hybridized carbons (Fsp3) is 0.538. The number of nitrogens with one attached hydrogen (secondary N) is 2. The fourth-order valence-corrected chi connectivity index (χ4v) is 1.95. The van der Waals surface area contributed by atoms with E-state index in [-0.39, 0.29) is 5.82 Å². The molecule has 1 rings (SSSR count). The Morgan fingerprint density at radius 3 is 2.78 bits per heavy atom. The van der Waals surface area contributed by atoms with E-state index in [0.717, 1.165) is 37.1 Å². The minimum atomic E-state index is -0.163. The summed E-state index contributed by atoms with van der Waals surface area (Å²) < 4.78 is 19.2. The zero-order valence-electron chi connectivity index (χ0n) is 10.6. The molecule has 1 aromatic rings. The highest BCUT2D eigenvalue weighted by Crippen LogP contribution is 2.15. The maximum Gasteiger partial charge on any atom is 0.127 e. The zero-order chi connectivity index (χ0) is 13.2. The molecule has 2 N–H and O–H groups in total. The van der Waals surface area contributed by atoms with Gasteiger partial charge >= 0.3 is 0 Å². The third-order valence-corrected chi connectivity index (χ3v) is 3.01. The van der Waals surface area contributed by atoms with Crippen molar-refractivity contribution in [2.45, 2.75) is 13.0 Å². The number of rotatable bonds is 9. The molecule has 0 bridgehead atoms. The molecule has 0 aliphatic rings. The van der Waals surface area contributed by atoms with Crippen LogP contribution in [-0.4, -0.2) is 33.4 Å². The van der Waals surface area contributed by atoms with Gasteiger partial charge < -0.3 is 15.4 Å². The molecule has 0 atom stereocenters. The van der Waals surface area contributed by atoms with E-state index in [9.17, 15) is 4.39 Å². The predicted octanol–water partition coefficient (Wildman–Crippen LogP) is 2.30. The second-order valence-electron chi connectivity index (χ2n) is 4.01. The van der Waals surface area contributed by atoms with Gasteiger partial charge in [0.1, 0.15) is 5.82 Å². The lowest BCUT2D eigenvalue weighted by molar-refractivity contribution is 0.199. The molecule has 0 heterocycles. The summed E-state index contributed by atoms with van der Waals surface area (Å²) in [5.74, 6) is -0.163. The topological polar surface area (TPSA) is 33.3 Å². The molecule has 0 aliphatic heterocycles. The largest absolute Gasteiger partial charge is 0.383 e. The SMILES string of the molecule is COCCNCCCNCc1cc(Br)ccc1F. The highest BCUT2D eigenvalue weighted by Gasteiger charge is 2.01. The Bertz CT molecular complexity index is 350. The molecule has 0 saturated heterocycles. The highest BCUT2D eigenvalue weighted by molar-refractivity contribution is 9.10. The Hall–Kier alpha value is -0.490. The van der Waals surface area contributed by atoms with Crippen LogP contribution in [0.2, 0.25) is 0 Å². The Balaban J connectivity index is 2.09. The van der Waals surface area contributed by atoms with Crippen LogP contribution < -0.4 is 10.6 Å². The normalized spacial score (nSPS) is 10.8.